The lowest BCUT2D eigenvalue weighted by Crippen LogP contribution is -2.42. The van der Waals surface area contributed by atoms with Gasteiger partial charge in [0.1, 0.15) is 6.54 Å². The van der Waals surface area contributed by atoms with Crippen LogP contribution in [0.15, 0.2) is 35.3 Å². The van der Waals surface area contributed by atoms with Crippen LogP contribution in [-0.4, -0.2) is 56.7 Å². The second kappa shape index (κ2) is 9.15. The van der Waals surface area contributed by atoms with Crippen molar-refractivity contribution in [3.8, 4) is 0 Å². The summed E-state index contributed by atoms with van der Waals surface area (Å²) in [7, 11) is 1.99. The van der Waals surface area contributed by atoms with Gasteiger partial charge in [-0.2, -0.15) is 0 Å². The summed E-state index contributed by atoms with van der Waals surface area (Å²) >= 11 is 0. The molecular formula is C17H26N4O2. The molecule has 1 aliphatic heterocycles. The molecule has 2 rings (SSSR count). The highest BCUT2D eigenvalue weighted by Gasteiger charge is 2.19. The number of nitrogens with one attached hydrogen (secondary N) is 2. The first-order valence-electron chi connectivity index (χ1n) is 8.11. The molecule has 0 saturated carbocycles. The number of carbonyl (C=O) groups excluding carboxylic acids is 1. The van der Waals surface area contributed by atoms with E-state index in [4.69, 9.17) is 4.74 Å². The maximum atomic E-state index is 12.0. The molecule has 0 bridgehead atoms. The number of anilines is 1. The van der Waals surface area contributed by atoms with E-state index in [9.17, 15) is 4.79 Å². The summed E-state index contributed by atoms with van der Waals surface area (Å²) in [5.74, 6) is 1.16. The minimum atomic E-state index is -0.121. The van der Waals surface area contributed by atoms with Crippen molar-refractivity contribution in [3.63, 3.8) is 0 Å². The van der Waals surface area contributed by atoms with Crippen LogP contribution >= 0.6 is 0 Å². The third-order valence-electron chi connectivity index (χ3n) is 3.68. The van der Waals surface area contributed by atoms with E-state index in [2.05, 4.69) is 20.5 Å². The molecule has 2 N–H and O–H groups in total. The zero-order chi connectivity index (χ0) is 16.5. The normalized spacial score (nSPS) is 17.8. The van der Waals surface area contributed by atoms with Crippen LogP contribution < -0.4 is 10.6 Å². The standard InChI is InChI=1S/C17H26N4O2/c1-3-18-17(21(2)12-14-9-10-23-13-14)19-11-16(22)20-15-7-5-4-6-8-15/h4-8,14H,3,9-13H2,1-2H3,(H,18,19)(H,20,22). The van der Waals surface area contributed by atoms with Crippen LogP contribution in [0.4, 0.5) is 5.69 Å². The van der Waals surface area contributed by atoms with Gasteiger partial charge >= 0.3 is 0 Å². The molecule has 1 atom stereocenters. The monoisotopic (exact) mass is 318 g/mol. The number of aliphatic imine (C=N–C) groups is 1. The molecule has 6 nitrogen and oxygen atoms in total. The molecule has 1 amide bonds. The summed E-state index contributed by atoms with van der Waals surface area (Å²) in [5, 5.41) is 6.07. The fourth-order valence-electron chi connectivity index (χ4n) is 2.54. The summed E-state index contributed by atoms with van der Waals surface area (Å²) < 4.78 is 5.41. The van der Waals surface area contributed by atoms with Gasteiger partial charge in [-0.15, -0.1) is 0 Å². The summed E-state index contributed by atoms with van der Waals surface area (Å²) in [5.41, 5.74) is 0.786. The van der Waals surface area contributed by atoms with E-state index in [0.717, 1.165) is 44.4 Å². The molecule has 23 heavy (non-hydrogen) atoms. The summed E-state index contributed by atoms with van der Waals surface area (Å²) in [4.78, 5) is 18.5. The highest BCUT2D eigenvalue weighted by atomic mass is 16.5. The maximum Gasteiger partial charge on any atom is 0.246 e. The van der Waals surface area contributed by atoms with Crippen molar-refractivity contribution < 1.29 is 9.53 Å². The Morgan fingerprint density at radius 2 is 2.17 bits per heavy atom. The highest BCUT2D eigenvalue weighted by molar-refractivity contribution is 5.94. The Kier molecular flexibility index (Phi) is 6.87. The lowest BCUT2D eigenvalue weighted by Gasteiger charge is -2.24. The van der Waals surface area contributed by atoms with Crippen LogP contribution in [0.25, 0.3) is 0 Å². The first kappa shape index (κ1) is 17.3. The van der Waals surface area contributed by atoms with Crippen LogP contribution in [0.3, 0.4) is 0 Å². The van der Waals surface area contributed by atoms with Gasteiger partial charge < -0.3 is 20.3 Å². The summed E-state index contributed by atoms with van der Waals surface area (Å²) in [6, 6.07) is 9.41. The topological polar surface area (TPSA) is 66.0 Å². The van der Waals surface area contributed by atoms with Crippen molar-refractivity contribution in [2.75, 3.05) is 45.2 Å². The molecule has 126 valence electrons. The predicted octanol–water partition coefficient (Wildman–Crippen LogP) is 1.56. The molecule has 1 saturated heterocycles. The highest BCUT2D eigenvalue weighted by Crippen LogP contribution is 2.13. The van der Waals surface area contributed by atoms with Gasteiger partial charge in [-0.1, -0.05) is 18.2 Å². The zero-order valence-corrected chi connectivity index (χ0v) is 13.9. The second-order valence-electron chi connectivity index (χ2n) is 5.69. The molecule has 1 heterocycles. The van der Waals surface area contributed by atoms with E-state index < -0.39 is 0 Å². The number of rotatable bonds is 6. The number of guanidine groups is 1. The average Bonchev–Trinajstić information content (AvgIpc) is 3.05. The van der Waals surface area contributed by atoms with Gasteiger partial charge in [-0.3, -0.25) is 4.79 Å². The van der Waals surface area contributed by atoms with Crippen molar-refractivity contribution in [3.05, 3.63) is 30.3 Å². The van der Waals surface area contributed by atoms with Crippen molar-refractivity contribution in [1.82, 2.24) is 10.2 Å². The number of para-hydroxylation sites is 1. The van der Waals surface area contributed by atoms with Gasteiger partial charge in [0.25, 0.3) is 0 Å². The molecule has 1 aliphatic rings. The molecule has 0 spiro atoms. The van der Waals surface area contributed by atoms with Crippen molar-refractivity contribution in [2.45, 2.75) is 13.3 Å². The molecule has 6 heteroatoms. The van der Waals surface area contributed by atoms with Gasteiger partial charge in [-0.25, -0.2) is 4.99 Å². The quantitative estimate of drug-likeness (QED) is 0.617. The molecule has 0 aromatic heterocycles. The molecular weight excluding hydrogens is 292 g/mol. The predicted molar refractivity (Wildman–Crippen MR) is 92.6 cm³/mol. The minimum Gasteiger partial charge on any atom is -0.381 e. The van der Waals surface area contributed by atoms with Crippen LogP contribution in [0.2, 0.25) is 0 Å². The Balaban J connectivity index is 1.87. The number of carbonyl (C=O) groups is 1. The number of hydrogen-bond acceptors (Lipinski definition) is 3. The Hall–Kier alpha value is -2.08. The van der Waals surface area contributed by atoms with Crippen LogP contribution in [0.5, 0.6) is 0 Å². The smallest absolute Gasteiger partial charge is 0.246 e. The van der Waals surface area contributed by atoms with Gasteiger partial charge in [0.2, 0.25) is 5.91 Å². The molecule has 0 aliphatic carbocycles. The largest absolute Gasteiger partial charge is 0.381 e. The van der Waals surface area contributed by atoms with Gasteiger partial charge in [0.05, 0.1) is 6.61 Å². The third kappa shape index (κ3) is 5.90. The Labute approximate surface area is 137 Å². The van der Waals surface area contributed by atoms with Crippen molar-refractivity contribution in [2.24, 2.45) is 10.9 Å². The number of benzene rings is 1. The maximum absolute atomic E-state index is 12.0. The first-order chi connectivity index (χ1) is 11.2. The third-order valence-corrected chi connectivity index (χ3v) is 3.68. The Morgan fingerprint density at radius 1 is 1.39 bits per heavy atom. The van der Waals surface area contributed by atoms with Gasteiger partial charge in [0, 0.05) is 38.3 Å². The Morgan fingerprint density at radius 3 is 2.83 bits per heavy atom. The van der Waals surface area contributed by atoms with E-state index in [0.29, 0.717) is 5.92 Å². The fourth-order valence-corrected chi connectivity index (χ4v) is 2.54. The molecule has 1 aromatic rings. The van der Waals surface area contributed by atoms with E-state index in [1.54, 1.807) is 0 Å². The summed E-state index contributed by atoms with van der Waals surface area (Å²) in [6.45, 7) is 5.41. The number of hydrogen-bond donors (Lipinski definition) is 2. The zero-order valence-electron chi connectivity index (χ0n) is 13.9. The van der Waals surface area contributed by atoms with Crippen LogP contribution in [0.1, 0.15) is 13.3 Å². The minimum absolute atomic E-state index is 0.0999. The number of ether oxygens (including phenoxy) is 1. The van der Waals surface area contributed by atoms with Crippen LogP contribution in [-0.2, 0) is 9.53 Å². The molecule has 0 radical (unpaired) electrons. The van der Waals surface area contributed by atoms with Gasteiger partial charge in [0.15, 0.2) is 5.96 Å². The van der Waals surface area contributed by atoms with E-state index >= 15 is 0 Å². The SMILES string of the molecule is CCNC(=NCC(=O)Nc1ccccc1)N(C)CC1CCOC1. The van der Waals surface area contributed by atoms with E-state index in [1.807, 2.05) is 44.3 Å². The Bertz CT molecular complexity index is 513. The molecule has 1 unspecified atom stereocenters. The first-order valence-corrected chi connectivity index (χ1v) is 8.11. The van der Waals surface area contributed by atoms with Crippen molar-refractivity contribution >= 4 is 17.6 Å². The van der Waals surface area contributed by atoms with E-state index in [-0.39, 0.29) is 12.5 Å². The van der Waals surface area contributed by atoms with Gasteiger partial charge in [-0.05, 0) is 25.5 Å². The fraction of sp³-hybridized carbons (Fsp3) is 0.529. The second-order valence-corrected chi connectivity index (χ2v) is 5.69. The summed E-state index contributed by atoms with van der Waals surface area (Å²) in [6.07, 6.45) is 1.08. The van der Waals surface area contributed by atoms with Crippen LogP contribution in [0, 0.1) is 5.92 Å². The molecule has 1 aromatic carbocycles. The lowest BCUT2D eigenvalue weighted by atomic mass is 10.1. The van der Waals surface area contributed by atoms with E-state index in [1.165, 1.54) is 0 Å². The number of nitrogens with zero attached hydrogens (tertiary/aromatic N) is 2. The van der Waals surface area contributed by atoms with Crippen molar-refractivity contribution in [1.29, 1.82) is 0 Å². The lowest BCUT2D eigenvalue weighted by molar-refractivity contribution is -0.114. The molecule has 1 fully saturated rings. The average molecular weight is 318 g/mol. The number of amides is 1.